The Morgan fingerprint density at radius 2 is 1.94 bits per heavy atom. The normalized spacial score (nSPS) is 21.9. The standard InChI is InChI=1S/C26H42ClN3O3/c1-7-9-22(31)21(8-2)28-25(33)29-23(17(3)4)24(32)30-15-14-20(26(5,6)16-30)18-10-12-19(27)13-11-18/h10,12,20-22,31H,7-9,11,13-16H2,1-6H3,(H2,28,29,33). The van der Waals surface area contributed by atoms with Crippen molar-refractivity contribution in [1.29, 1.82) is 0 Å². The van der Waals surface area contributed by atoms with Crippen LogP contribution in [-0.4, -0.2) is 47.2 Å². The fraction of sp³-hybridized carbons (Fsp3) is 0.692. The molecule has 0 aromatic heterocycles. The average molecular weight is 480 g/mol. The van der Waals surface area contributed by atoms with E-state index >= 15 is 0 Å². The van der Waals surface area contributed by atoms with Gasteiger partial charge in [0.25, 0.3) is 5.91 Å². The van der Waals surface area contributed by atoms with E-state index < -0.39 is 12.1 Å². The summed E-state index contributed by atoms with van der Waals surface area (Å²) in [6.45, 7) is 13.3. The molecular weight excluding hydrogens is 438 g/mol. The quantitative estimate of drug-likeness (QED) is 0.416. The van der Waals surface area contributed by atoms with Crippen molar-refractivity contribution >= 4 is 23.5 Å². The van der Waals surface area contributed by atoms with Crippen LogP contribution in [0.1, 0.15) is 80.1 Å². The lowest BCUT2D eigenvalue weighted by atomic mass is 9.68. The van der Waals surface area contributed by atoms with Gasteiger partial charge in [0, 0.05) is 18.1 Å². The number of nitrogens with one attached hydrogen (secondary N) is 2. The van der Waals surface area contributed by atoms with Gasteiger partial charge >= 0.3 is 6.03 Å². The molecule has 6 nitrogen and oxygen atoms in total. The number of carbonyl (C=O) groups is 2. The summed E-state index contributed by atoms with van der Waals surface area (Å²) in [6.07, 6.45) is 8.37. The Morgan fingerprint density at radius 1 is 1.24 bits per heavy atom. The molecule has 0 saturated carbocycles. The maximum atomic E-state index is 13.4. The molecule has 1 aliphatic carbocycles. The molecular formula is C26H42ClN3O3. The van der Waals surface area contributed by atoms with E-state index in [1.165, 1.54) is 5.57 Å². The number of aliphatic hydroxyl groups is 1. The molecule has 1 fully saturated rings. The number of piperidine rings is 1. The van der Waals surface area contributed by atoms with Gasteiger partial charge in [-0.1, -0.05) is 57.4 Å². The number of likely N-dealkylation sites (tertiary alicyclic amines) is 1. The average Bonchev–Trinajstić information content (AvgIpc) is 2.75. The molecule has 0 bridgehead atoms. The minimum atomic E-state index is -0.602. The zero-order valence-electron chi connectivity index (χ0n) is 21.1. The Hall–Kier alpha value is -1.79. The molecule has 3 unspecified atom stereocenters. The number of amides is 3. The lowest BCUT2D eigenvalue weighted by Gasteiger charge is -2.46. The van der Waals surface area contributed by atoms with Crippen LogP contribution < -0.4 is 10.6 Å². The van der Waals surface area contributed by atoms with Gasteiger partial charge in [0.15, 0.2) is 0 Å². The number of allylic oxidation sites excluding steroid dienone is 5. The molecule has 3 N–H and O–H groups in total. The number of aliphatic hydroxyl groups excluding tert-OH is 1. The van der Waals surface area contributed by atoms with Crippen LogP contribution in [0.5, 0.6) is 0 Å². The van der Waals surface area contributed by atoms with Crippen molar-refractivity contribution in [3.63, 3.8) is 0 Å². The second-order valence-corrected chi connectivity index (χ2v) is 10.7. The first-order chi connectivity index (χ1) is 15.5. The third kappa shape index (κ3) is 7.35. The van der Waals surface area contributed by atoms with Crippen LogP contribution in [0.2, 0.25) is 0 Å². The predicted octanol–water partition coefficient (Wildman–Crippen LogP) is 5.24. The summed E-state index contributed by atoms with van der Waals surface area (Å²) in [5.41, 5.74) is 2.40. The Bertz CT molecular complexity index is 812. The van der Waals surface area contributed by atoms with Crippen LogP contribution >= 0.6 is 11.6 Å². The number of rotatable bonds is 8. The van der Waals surface area contributed by atoms with E-state index in [2.05, 4.69) is 30.6 Å². The van der Waals surface area contributed by atoms with Gasteiger partial charge in [0.2, 0.25) is 0 Å². The van der Waals surface area contributed by atoms with Gasteiger partial charge in [0.1, 0.15) is 5.70 Å². The molecule has 7 heteroatoms. The summed E-state index contributed by atoms with van der Waals surface area (Å²) in [4.78, 5) is 27.9. The highest BCUT2D eigenvalue weighted by Gasteiger charge is 2.40. The van der Waals surface area contributed by atoms with Gasteiger partial charge in [0.05, 0.1) is 12.1 Å². The number of carbonyl (C=O) groups excluding carboxylic acids is 2. The summed E-state index contributed by atoms with van der Waals surface area (Å²) in [6, 6.07) is -0.800. The fourth-order valence-corrected chi connectivity index (χ4v) is 5.13. The summed E-state index contributed by atoms with van der Waals surface area (Å²) in [7, 11) is 0. The summed E-state index contributed by atoms with van der Waals surface area (Å²) < 4.78 is 0. The van der Waals surface area contributed by atoms with Crippen LogP contribution in [0.3, 0.4) is 0 Å². The van der Waals surface area contributed by atoms with Crippen molar-refractivity contribution in [2.45, 2.75) is 92.2 Å². The van der Waals surface area contributed by atoms with Gasteiger partial charge in [-0.15, -0.1) is 0 Å². The topological polar surface area (TPSA) is 81.7 Å². The third-order valence-corrected chi connectivity index (χ3v) is 7.17. The minimum absolute atomic E-state index is 0.0794. The lowest BCUT2D eigenvalue weighted by molar-refractivity contribution is -0.131. The van der Waals surface area contributed by atoms with Crippen molar-refractivity contribution in [3.05, 3.63) is 34.0 Å². The highest BCUT2D eigenvalue weighted by atomic mass is 35.5. The smallest absolute Gasteiger partial charge is 0.319 e. The van der Waals surface area contributed by atoms with E-state index in [1.54, 1.807) is 0 Å². The highest BCUT2D eigenvalue weighted by molar-refractivity contribution is 6.29. The molecule has 2 rings (SSSR count). The zero-order valence-corrected chi connectivity index (χ0v) is 21.9. The van der Waals surface area contributed by atoms with Crippen LogP contribution in [0.4, 0.5) is 4.79 Å². The molecule has 1 aliphatic heterocycles. The highest BCUT2D eigenvalue weighted by Crippen LogP contribution is 2.43. The largest absolute Gasteiger partial charge is 0.391 e. The molecule has 0 aromatic carbocycles. The minimum Gasteiger partial charge on any atom is -0.391 e. The van der Waals surface area contributed by atoms with E-state index in [0.29, 0.717) is 37.5 Å². The third-order valence-electron chi connectivity index (χ3n) is 6.85. The van der Waals surface area contributed by atoms with Crippen LogP contribution in [0.15, 0.2) is 34.0 Å². The van der Waals surface area contributed by atoms with Crippen LogP contribution in [0, 0.1) is 11.3 Å². The monoisotopic (exact) mass is 479 g/mol. The van der Waals surface area contributed by atoms with Gasteiger partial charge in [-0.25, -0.2) is 4.79 Å². The SMILES string of the molecule is CCCC(O)C(CC)NC(=O)NC(C(=O)N1CCC(C2=CC=C(Cl)CC2)C(C)(C)C1)=C(C)C. The lowest BCUT2D eigenvalue weighted by Crippen LogP contribution is -2.52. The van der Waals surface area contributed by atoms with Crippen molar-refractivity contribution in [3.8, 4) is 0 Å². The molecule has 1 heterocycles. The first-order valence-electron chi connectivity index (χ1n) is 12.3. The summed E-state index contributed by atoms with van der Waals surface area (Å²) in [5, 5.41) is 16.8. The van der Waals surface area contributed by atoms with Crippen molar-refractivity contribution in [2.75, 3.05) is 13.1 Å². The van der Waals surface area contributed by atoms with E-state index in [1.807, 2.05) is 38.7 Å². The Kier molecular flexibility index (Phi) is 10.0. The molecule has 3 amide bonds. The van der Waals surface area contributed by atoms with E-state index in [4.69, 9.17) is 11.6 Å². The van der Waals surface area contributed by atoms with Gasteiger partial charge in [-0.2, -0.15) is 0 Å². The number of nitrogens with zero attached hydrogens (tertiary/aromatic N) is 1. The van der Waals surface area contributed by atoms with E-state index in [0.717, 1.165) is 36.3 Å². The number of hydrogen-bond donors (Lipinski definition) is 3. The van der Waals surface area contributed by atoms with Crippen molar-refractivity contribution in [1.82, 2.24) is 15.5 Å². The van der Waals surface area contributed by atoms with Gasteiger partial charge in [-0.3, -0.25) is 4.79 Å². The summed E-state index contributed by atoms with van der Waals surface area (Å²) in [5.74, 6) is 0.249. The fourth-order valence-electron chi connectivity index (χ4n) is 4.97. The number of hydrogen-bond acceptors (Lipinski definition) is 3. The molecule has 33 heavy (non-hydrogen) atoms. The van der Waals surface area contributed by atoms with Crippen molar-refractivity contribution < 1.29 is 14.7 Å². The predicted molar refractivity (Wildman–Crippen MR) is 135 cm³/mol. The van der Waals surface area contributed by atoms with E-state index in [-0.39, 0.29) is 17.4 Å². The van der Waals surface area contributed by atoms with Crippen LogP contribution in [0.25, 0.3) is 0 Å². The van der Waals surface area contributed by atoms with Crippen LogP contribution in [-0.2, 0) is 4.79 Å². The first kappa shape index (κ1) is 27.5. The Labute approximate surface area is 204 Å². The maximum Gasteiger partial charge on any atom is 0.319 e. The van der Waals surface area contributed by atoms with Crippen molar-refractivity contribution in [2.24, 2.45) is 11.3 Å². The number of halogens is 1. The molecule has 186 valence electrons. The molecule has 0 radical (unpaired) electrons. The maximum absolute atomic E-state index is 13.4. The molecule has 1 saturated heterocycles. The summed E-state index contributed by atoms with van der Waals surface area (Å²) >= 11 is 6.14. The second kappa shape index (κ2) is 12.1. The zero-order chi connectivity index (χ0) is 24.8. The molecule has 2 aliphatic rings. The molecule has 3 atom stereocenters. The van der Waals surface area contributed by atoms with Gasteiger partial charge in [-0.05, 0) is 68.9 Å². The molecule has 0 aromatic rings. The molecule has 0 spiro atoms. The first-order valence-corrected chi connectivity index (χ1v) is 12.6. The second-order valence-electron chi connectivity index (χ2n) is 10.3. The van der Waals surface area contributed by atoms with E-state index in [9.17, 15) is 14.7 Å². The van der Waals surface area contributed by atoms with Gasteiger partial charge < -0.3 is 20.6 Å². The Balaban J connectivity index is 2.07. The number of urea groups is 1. The Morgan fingerprint density at radius 3 is 2.45 bits per heavy atom.